The molecule has 0 bridgehead atoms. The number of nitrogens with one attached hydrogen (secondary N) is 2. The summed E-state index contributed by atoms with van der Waals surface area (Å²) in [5.41, 5.74) is 1.84. The van der Waals surface area contributed by atoms with Gasteiger partial charge in [0, 0.05) is 61.5 Å². The first-order valence-corrected chi connectivity index (χ1v) is 14.0. The highest BCUT2D eigenvalue weighted by Crippen LogP contribution is 2.27. The van der Waals surface area contributed by atoms with Gasteiger partial charge >= 0.3 is 0 Å². The topological polar surface area (TPSA) is 122 Å². The predicted octanol–water partition coefficient (Wildman–Crippen LogP) is 2.52. The van der Waals surface area contributed by atoms with Crippen LogP contribution in [-0.4, -0.2) is 86.7 Å². The fraction of sp³-hybridized carbons (Fsp3) is 0.385. The zero-order valence-electron chi connectivity index (χ0n) is 22.1. The van der Waals surface area contributed by atoms with Crippen molar-refractivity contribution in [3.8, 4) is 0 Å². The summed E-state index contributed by atoms with van der Waals surface area (Å²) in [6, 6.07) is 6.39. The lowest BCUT2D eigenvalue weighted by atomic mass is 10.3. The molecule has 2 N–H and O–H groups in total. The number of hydrogen-bond acceptors (Lipinski definition) is 12. The van der Waals surface area contributed by atoms with Crippen LogP contribution in [0.5, 0.6) is 0 Å². The lowest BCUT2D eigenvalue weighted by Gasteiger charge is -2.34. The fourth-order valence-corrected chi connectivity index (χ4v) is 5.33. The van der Waals surface area contributed by atoms with Gasteiger partial charge in [-0.05, 0) is 31.2 Å². The third-order valence-corrected chi connectivity index (χ3v) is 7.75. The number of benzene rings is 1. The van der Waals surface area contributed by atoms with Gasteiger partial charge in [0.1, 0.15) is 12.1 Å². The second-order valence-electron chi connectivity index (χ2n) is 9.51. The number of aromatic nitrogens is 7. The number of piperazine rings is 1. The highest BCUT2D eigenvalue weighted by atomic mass is 32.2. The molecule has 0 amide bonds. The molecule has 0 unspecified atom stereocenters. The molecule has 0 radical (unpaired) electrons. The second-order valence-corrected chi connectivity index (χ2v) is 10.7. The number of ether oxygens (including phenoxy) is 1. The van der Waals surface area contributed by atoms with Crippen molar-refractivity contribution in [3.05, 3.63) is 60.7 Å². The maximum atomic E-state index is 13.1. The molecule has 1 atom stereocenters. The fourth-order valence-electron chi connectivity index (χ4n) is 4.57. The van der Waals surface area contributed by atoms with Crippen LogP contribution in [0.25, 0.3) is 0 Å². The van der Waals surface area contributed by atoms with Crippen molar-refractivity contribution < 1.29 is 9.13 Å². The molecule has 6 rings (SSSR count). The van der Waals surface area contributed by atoms with Gasteiger partial charge in [-0.15, -0.1) is 0 Å². The summed E-state index contributed by atoms with van der Waals surface area (Å²) in [6.07, 6.45) is 7.02. The van der Waals surface area contributed by atoms with Crippen molar-refractivity contribution in [2.24, 2.45) is 0 Å². The van der Waals surface area contributed by atoms with Crippen LogP contribution in [0.1, 0.15) is 5.69 Å². The molecule has 14 heteroatoms. The Kier molecular flexibility index (Phi) is 7.97. The van der Waals surface area contributed by atoms with Gasteiger partial charge in [0.2, 0.25) is 17.8 Å². The van der Waals surface area contributed by atoms with Gasteiger partial charge in [-0.3, -0.25) is 4.68 Å². The van der Waals surface area contributed by atoms with E-state index in [1.165, 1.54) is 30.2 Å². The lowest BCUT2D eigenvalue weighted by Crippen LogP contribution is -2.47. The molecule has 12 nitrogen and oxygen atoms in total. The zero-order chi connectivity index (χ0) is 27.3. The summed E-state index contributed by atoms with van der Waals surface area (Å²) in [5.74, 6) is 1.53. The predicted molar refractivity (Wildman–Crippen MR) is 150 cm³/mol. The Hall–Kier alpha value is -3.88. The van der Waals surface area contributed by atoms with Gasteiger partial charge in [0.25, 0.3) is 0 Å². The molecule has 2 aliphatic heterocycles. The number of rotatable bonds is 8. The van der Waals surface area contributed by atoms with Crippen molar-refractivity contribution in [2.75, 3.05) is 61.0 Å². The van der Waals surface area contributed by atoms with Crippen LogP contribution < -0.4 is 20.4 Å². The minimum Gasteiger partial charge on any atom is -0.374 e. The summed E-state index contributed by atoms with van der Waals surface area (Å²) >= 11 is 1.50. The van der Waals surface area contributed by atoms with E-state index < -0.39 is 0 Å². The van der Waals surface area contributed by atoms with Crippen LogP contribution in [0.15, 0.2) is 59.0 Å². The summed E-state index contributed by atoms with van der Waals surface area (Å²) < 4.78 is 20.9. The molecular formula is C26H30FN11OS. The quantitative estimate of drug-likeness (QED) is 0.328. The smallest absolute Gasteiger partial charge is 0.232 e. The first-order valence-electron chi connectivity index (χ1n) is 13.2. The van der Waals surface area contributed by atoms with Crippen molar-refractivity contribution in [1.29, 1.82) is 0 Å². The van der Waals surface area contributed by atoms with E-state index in [1.807, 2.05) is 11.6 Å². The van der Waals surface area contributed by atoms with Gasteiger partial charge in [-0.2, -0.15) is 10.1 Å². The molecule has 2 fully saturated rings. The first kappa shape index (κ1) is 26.3. The van der Waals surface area contributed by atoms with Crippen molar-refractivity contribution in [3.63, 3.8) is 0 Å². The molecular weight excluding hydrogens is 533 g/mol. The van der Waals surface area contributed by atoms with E-state index in [0.29, 0.717) is 24.4 Å². The number of morpholine rings is 1. The highest BCUT2D eigenvalue weighted by Gasteiger charge is 2.22. The Morgan fingerprint density at radius 3 is 2.45 bits per heavy atom. The van der Waals surface area contributed by atoms with Gasteiger partial charge in [-0.1, -0.05) is 11.8 Å². The van der Waals surface area contributed by atoms with Gasteiger partial charge in [0.15, 0.2) is 0 Å². The van der Waals surface area contributed by atoms with E-state index in [9.17, 15) is 4.39 Å². The Labute approximate surface area is 235 Å². The first-order chi connectivity index (χ1) is 19.6. The maximum Gasteiger partial charge on any atom is 0.232 e. The average Bonchev–Trinajstić information content (AvgIpc) is 3.33. The Morgan fingerprint density at radius 2 is 1.73 bits per heavy atom. The summed E-state index contributed by atoms with van der Waals surface area (Å²) in [4.78, 5) is 28.6. The molecule has 208 valence electrons. The molecule has 4 aromatic rings. The summed E-state index contributed by atoms with van der Waals surface area (Å²) in [6.45, 7) is 8.06. The van der Waals surface area contributed by atoms with Crippen LogP contribution >= 0.6 is 11.8 Å². The second kappa shape index (κ2) is 12.1. The van der Waals surface area contributed by atoms with Crippen molar-refractivity contribution >= 4 is 35.3 Å². The molecule has 0 saturated carbocycles. The lowest BCUT2D eigenvalue weighted by molar-refractivity contribution is 0.0158. The molecule has 0 spiro atoms. The van der Waals surface area contributed by atoms with E-state index in [2.05, 4.69) is 50.5 Å². The highest BCUT2D eigenvalue weighted by molar-refractivity contribution is 7.99. The maximum absolute atomic E-state index is 13.1. The number of hydrogen-bond donors (Lipinski definition) is 2. The average molecular weight is 564 g/mol. The van der Waals surface area contributed by atoms with Crippen LogP contribution in [0, 0.1) is 12.7 Å². The normalized spacial score (nSPS) is 17.7. The molecule has 2 aliphatic rings. The molecule has 1 aromatic carbocycles. The molecule has 2 saturated heterocycles. The number of halogens is 1. The molecule has 3 aromatic heterocycles. The van der Waals surface area contributed by atoms with Crippen LogP contribution in [0.2, 0.25) is 0 Å². The minimum atomic E-state index is -0.249. The van der Waals surface area contributed by atoms with Crippen molar-refractivity contribution in [2.45, 2.75) is 29.4 Å². The molecule has 40 heavy (non-hydrogen) atoms. The van der Waals surface area contributed by atoms with E-state index in [0.717, 1.165) is 67.0 Å². The minimum absolute atomic E-state index is 0.103. The van der Waals surface area contributed by atoms with E-state index in [-0.39, 0.29) is 11.9 Å². The van der Waals surface area contributed by atoms with Gasteiger partial charge in [-0.25, -0.2) is 24.3 Å². The third-order valence-electron chi connectivity index (χ3n) is 6.80. The van der Waals surface area contributed by atoms with E-state index >= 15 is 0 Å². The van der Waals surface area contributed by atoms with E-state index in [4.69, 9.17) is 4.74 Å². The van der Waals surface area contributed by atoms with Crippen LogP contribution in [0.4, 0.5) is 27.9 Å². The SMILES string of the molecule is Cc1c(Nc2ncnc(N3CCN(c4ncc(Sc5ccc(F)cc5)cn4)CC3)n2)cnn1C[C@@H]1CNCCO1. The molecule has 0 aliphatic carbocycles. The monoisotopic (exact) mass is 563 g/mol. The zero-order valence-corrected chi connectivity index (χ0v) is 22.9. The Balaban J connectivity index is 1.03. The Bertz CT molecular complexity index is 1410. The standard InChI is InChI=1S/C26H30FN11OS/c1-18-23(15-33-38(18)16-20-12-28-6-11-39-20)34-24-31-17-32-26(35-24)37-9-7-36(8-10-37)25-29-13-22(14-30-25)40-21-4-2-19(27)3-5-21/h2-5,13-15,17,20,28H,6-12,16H2,1H3,(H,31,32,34,35)/t20-/m0/s1. The summed E-state index contributed by atoms with van der Waals surface area (Å²) in [5, 5.41) is 11.2. The van der Waals surface area contributed by atoms with E-state index in [1.54, 1.807) is 30.7 Å². The number of anilines is 4. The van der Waals surface area contributed by atoms with Gasteiger partial charge in [0.05, 0.1) is 36.8 Å². The molecule has 5 heterocycles. The van der Waals surface area contributed by atoms with Crippen molar-refractivity contribution in [1.82, 2.24) is 40.0 Å². The van der Waals surface area contributed by atoms with Crippen LogP contribution in [0.3, 0.4) is 0 Å². The third kappa shape index (κ3) is 6.29. The Morgan fingerprint density at radius 1 is 0.975 bits per heavy atom. The van der Waals surface area contributed by atoms with Crippen LogP contribution in [-0.2, 0) is 11.3 Å². The van der Waals surface area contributed by atoms with Gasteiger partial charge < -0.3 is 25.2 Å². The summed E-state index contributed by atoms with van der Waals surface area (Å²) in [7, 11) is 0. The largest absolute Gasteiger partial charge is 0.374 e. The number of nitrogens with zero attached hydrogens (tertiary/aromatic N) is 9.